The van der Waals surface area contributed by atoms with Gasteiger partial charge in [-0.05, 0) is 56.9 Å². The number of hydrogen-bond acceptors (Lipinski definition) is 5. The molecule has 2 amide bonds. The van der Waals surface area contributed by atoms with Crippen molar-refractivity contribution in [2.45, 2.75) is 56.0 Å². The van der Waals surface area contributed by atoms with Crippen LogP contribution in [0, 0.1) is 13.8 Å². The van der Waals surface area contributed by atoms with Crippen LogP contribution in [0.3, 0.4) is 0 Å². The zero-order valence-electron chi connectivity index (χ0n) is 18.6. The number of aromatic nitrogens is 1. The van der Waals surface area contributed by atoms with E-state index in [1.807, 2.05) is 13.0 Å². The summed E-state index contributed by atoms with van der Waals surface area (Å²) in [5, 5.41) is 6.81. The molecule has 2 aromatic rings. The molecule has 1 saturated heterocycles. The number of carbonyl (C=O) groups excluding carboxylic acids is 2. The van der Waals surface area contributed by atoms with Gasteiger partial charge in [-0.2, -0.15) is 0 Å². The van der Waals surface area contributed by atoms with Gasteiger partial charge >= 0.3 is 0 Å². The highest BCUT2D eigenvalue weighted by Gasteiger charge is 2.23. The summed E-state index contributed by atoms with van der Waals surface area (Å²) in [6.07, 6.45) is 4.35. The molecule has 1 aliphatic rings. The van der Waals surface area contributed by atoms with Crippen LogP contribution >= 0.6 is 11.8 Å². The lowest BCUT2D eigenvalue weighted by atomic mass is 10.0. The van der Waals surface area contributed by atoms with Crippen molar-refractivity contribution < 1.29 is 9.59 Å². The van der Waals surface area contributed by atoms with Crippen LogP contribution in [0.25, 0.3) is 0 Å². The van der Waals surface area contributed by atoms with E-state index in [0.29, 0.717) is 12.1 Å². The van der Waals surface area contributed by atoms with Gasteiger partial charge in [-0.25, -0.2) is 4.98 Å². The highest BCUT2D eigenvalue weighted by atomic mass is 32.2. The number of carbonyl (C=O) groups is 2. The van der Waals surface area contributed by atoms with Crippen molar-refractivity contribution in [1.82, 2.24) is 20.5 Å². The Morgan fingerprint density at radius 1 is 1.19 bits per heavy atom. The predicted octanol–water partition coefficient (Wildman–Crippen LogP) is 3.57. The van der Waals surface area contributed by atoms with Crippen LogP contribution in [0.5, 0.6) is 0 Å². The lowest BCUT2D eigenvalue weighted by molar-refractivity contribution is -0.122. The standard InChI is InChI=1S/C24H32N4O2S/c1-4-11-25-22(29)16-28-13-9-19(10-14-28)27-23(30)20-6-5-12-26-24(20)31-21-8-7-17(2)15-18(21)3/h5-8,12,15,19H,4,9-11,13-14,16H2,1-3H3,(H,25,29)(H,27,30). The van der Waals surface area contributed by atoms with Crippen molar-refractivity contribution in [3.63, 3.8) is 0 Å². The van der Waals surface area contributed by atoms with Crippen LogP contribution in [0.4, 0.5) is 0 Å². The van der Waals surface area contributed by atoms with E-state index in [1.165, 1.54) is 22.9 Å². The monoisotopic (exact) mass is 440 g/mol. The minimum absolute atomic E-state index is 0.0766. The summed E-state index contributed by atoms with van der Waals surface area (Å²) in [6, 6.07) is 10.1. The number of pyridine rings is 1. The molecule has 7 heteroatoms. The van der Waals surface area contributed by atoms with Crippen molar-refractivity contribution in [2.75, 3.05) is 26.2 Å². The molecule has 2 N–H and O–H groups in total. The molecule has 6 nitrogen and oxygen atoms in total. The summed E-state index contributed by atoms with van der Waals surface area (Å²) in [4.78, 5) is 32.6. The van der Waals surface area contributed by atoms with Gasteiger partial charge < -0.3 is 10.6 Å². The molecule has 0 bridgehead atoms. The Kier molecular flexibility index (Phi) is 8.49. The number of likely N-dealkylation sites (tertiary alicyclic amines) is 1. The summed E-state index contributed by atoms with van der Waals surface area (Å²) in [7, 11) is 0. The quantitative estimate of drug-likeness (QED) is 0.656. The fourth-order valence-corrected chi connectivity index (χ4v) is 4.63. The van der Waals surface area contributed by atoms with Crippen molar-refractivity contribution >= 4 is 23.6 Å². The molecule has 2 heterocycles. The highest BCUT2D eigenvalue weighted by Crippen LogP contribution is 2.31. The normalized spacial score (nSPS) is 14.9. The van der Waals surface area contributed by atoms with Gasteiger partial charge in [-0.15, -0.1) is 0 Å². The number of rotatable bonds is 8. The molecule has 1 aromatic heterocycles. The smallest absolute Gasteiger partial charge is 0.254 e. The summed E-state index contributed by atoms with van der Waals surface area (Å²) in [5.74, 6) is -0.00716. The Morgan fingerprint density at radius 3 is 2.68 bits per heavy atom. The second-order valence-corrected chi connectivity index (χ2v) is 9.13. The lowest BCUT2D eigenvalue weighted by Crippen LogP contribution is -2.47. The largest absolute Gasteiger partial charge is 0.355 e. The summed E-state index contributed by atoms with van der Waals surface area (Å²) < 4.78 is 0. The number of piperidine rings is 1. The fourth-order valence-electron chi connectivity index (χ4n) is 3.68. The molecule has 1 aliphatic heterocycles. The molecule has 0 unspecified atom stereocenters. The van der Waals surface area contributed by atoms with Gasteiger partial charge in [0.15, 0.2) is 0 Å². The lowest BCUT2D eigenvalue weighted by Gasteiger charge is -2.31. The van der Waals surface area contributed by atoms with E-state index in [1.54, 1.807) is 12.3 Å². The molecule has 31 heavy (non-hydrogen) atoms. The van der Waals surface area contributed by atoms with E-state index in [-0.39, 0.29) is 17.9 Å². The molecule has 0 aliphatic carbocycles. The van der Waals surface area contributed by atoms with Crippen LogP contribution in [0.2, 0.25) is 0 Å². The maximum absolute atomic E-state index is 13.0. The fraction of sp³-hybridized carbons (Fsp3) is 0.458. The first-order chi connectivity index (χ1) is 15.0. The van der Waals surface area contributed by atoms with Gasteiger partial charge in [0, 0.05) is 36.8 Å². The third-order valence-electron chi connectivity index (χ3n) is 5.42. The van der Waals surface area contributed by atoms with E-state index in [2.05, 4.69) is 52.6 Å². The van der Waals surface area contributed by atoms with Crippen LogP contribution in [-0.2, 0) is 4.79 Å². The van der Waals surface area contributed by atoms with Crippen molar-refractivity contribution in [3.05, 3.63) is 53.2 Å². The van der Waals surface area contributed by atoms with E-state index >= 15 is 0 Å². The maximum Gasteiger partial charge on any atom is 0.254 e. The Balaban J connectivity index is 1.56. The molecule has 0 radical (unpaired) electrons. The number of nitrogens with one attached hydrogen (secondary N) is 2. The van der Waals surface area contributed by atoms with Gasteiger partial charge in [0.1, 0.15) is 5.03 Å². The molecule has 1 aromatic carbocycles. The molecule has 0 spiro atoms. The number of aryl methyl sites for hydroxylation is 2. The first kappa shape index (κ1) is 23.3. The number of amides is 2. The molecule has 0 atom stereocenters. The van der Waals surface area contributed by atoms with Crippen molar-refractivity contribution in [3.8, 4) is 0 Å². The van der Waals surface area contributed by atoms with Crippen LogP contribution in [0.15, 0.2) is 46.5 Å². The Hall–Kier alpha value is -2.38. The van der Waals surface area contributed by atoms with Gasteiger partial charge in [-0.1, -0.05) is 36.4 Å². The van der Waals surface area contributed by atoms with Gasteiger partial charge in [0.25, 0.3) is 5.91 Å². The maximum atomic E-state index is 13.0. The summed E-state index contributed by atoms with van der Waals surface area (Å²) in [5.41, 5.74) is 3.00. The number of hydrogen-bond donors (Lipinski definition) is 2. The topological polar surface area (TPSA) is 74.3 Å². The SMILES string of the molecule is CCCNC(=O)CN1CCC(NC(=O)c2cccnc2Sc2ccc(C)cc2C)CC1. The average Bonchev–Trinajstić information content (AvgIpc) is 2.76. The van der Waals surface area contributed by atoms with Crippen molar-refractivity contribution in [2.24, 2.45) is 0 Å². The molecule has 0 saturated carbocycles. The number of benzene rings is 1. The zero-order chi connectivity index (χ0) is 22.2. The minimum atomic E-state index is -0.0838. The minimum Gasteiger partial charge on any atom is -0.355 e. The first-order valence-electron chi connectivity index (χ1n) is 11.0. The van der Waals surface area contributed by atoms with Gasteiger partial charge in [-0.3, -0.25) is 14.5 Å². The molecular formula is C24H32N4O2S. The highest BCUT2D eigenvalue weighted by molar-refractivity contribution is 7.99. The molecular weight excluding hydrogens is 408 g/mol. The summed E-state index contributed by atoms with van der Waals surface area (Å²) in [6.45, 7) is 8.96. The van der Waals surface area contributed by atoms with Crippen LogP contribution in [-0.4, -0.2) is 53.9 Å². The molecule has 166 valence electrons. The first-order valence-corrected chi connectivity index (χ1v) is 11.8. The Bertz CT molecular complexity index is 910. The van der Waals surface area contributed by atoms with E-state index in [0.717, 1.165) is 48.8 Å². The predicted molar refractivity (Wildman–Crippen MR) is 125 cm³/mol. The van der Waals surface area contributed by atoms with Gasteiger partial charge in [0.05, 0.1) is 12.1 Å². The third-order valence-corrected chi connectivity index (χ3v) is 6.61. The van der Waals surface area contributed by atoms with Crippen molar-refractivity contribution in [1.29, 1.82) is 0 Å². The van der Waals surface area contributed by atoms with Crippen LogP contribution < -0.4 is 10.6 Å². The molecule has 1 fully saturated rings. The Labute approximate surface area is 189 Å². The zero-order valence-corrected chi connectivity index (χ0v) is 19.4. The van der Waals surface area contributed by atoms with Crippen LogP contribution in [0.1, 0.15) is 47.7 Å². The van der Waals surface area contributed by atoms with E-state index < -0.39 is 0 Å². The average molecular weight is 441 g/mol. The van der Waals surface area contributed by atoms with E-state index in [4.69, 9.17) is 0 Å². The number of nitrogens with zero attached hydrogens (tertiary/aromatic N) is 2. The van der Waals surface area contributed by atoms with Gasteiger partial charge in [0.2, 0.25) is 5.91 Å². The molecule has 3 rings (SSSR count). The Morgan fingerprint density at radius 2 is 1.97 bits per heavy atom. The summed E-state index contributed by atoms with van der Waals surface area (Å²) >= 11 is 1.53. The second-order valence-electron chi connectivity index (χ2n) is 8.10. The third kappa shape index (κ3) is 6.80. The second kappa shape index (κ2) is 11.3. The van der Waals surface area contributed by atoms with E-state index in [9.17, 15) is 9.59 Å².